The summed E-state index contributed by atoms with van der Waals surface area (Å²) >= 11 is 0. The molecule has 1 aromatic heterocycles. The summed E-state index contributed by atoms with van der Waals surface area (Å²) in [6, 6.07) is 13.0. The first-order valence-electron chi connectivity index (χ1n) is 5.89. The minimum Gasteiger partial charge on any atom is -0.459 e. The Hall–Kier alpha value is -2.16. The van der Waals surface area contributed by atoms with Crippen LogP contribution in [0.2, 0.25) is 0 Å². The largest absolute Gasteiger partial charge is 0.459 e. The van der Waals surface area contributed by atoms with Crippen LogP contribution in [0.4, 0.5) is 0 Å². The van der Waals surface area contributed by atoms with E-state index in [1.165, 1.54) is 0 Å². The van der Waals surface area contributed by atoms with Gasteiger partial charge in [-0.05, 0) is 38.1 Å². The molecule has 92 valence electrons. The standard InChI is InChI=1S/C15H15NO2/c1-11(2)18-15(17)13-7-5-6-12(10-13)14-8-3-4-9-16-14/h3-11H,1-2H3. The fourth-order valence-electron chi connectivity index (χ4n) is 1.62. The third-order valence-corrected chi connectivity index (χ3v) is 2.40. The Kier molecular flexibility index (Phi) is 3.72. The number of ether oxygens (including phenoxy) is 1. The molecule has 0 aliphatic heterocycles. The summed E-state index contributed by atoms with van der Waals surface area (Å²) in [5.74, 6) is -0.303. The van der Waals surface area contributed by atoms with E-state index in [1.807, 2.05) is 44.2 Å². The Morgan fingerprint density at radius 2 is 2.00 bits per heavy atom. The number of aromatic nitrogens is 1. The van der Waals surface area contributed by atoms with Crippen LogP contribution in [0.3, 0.4) is 0 Å². The Morgan fingerprint density at radius 1 is 1.17 bits per heavy atom. The van der Waals surface area contributed by atoms with Crippen molar-refractivity contribution < 1.29 is 9.53 Å². The minimum atomic E-state index is -0.303. The number of carbonyl (C=O) groups is 1. The molecule has 0 spiro atoms. The van der Waals surface area contributed by atoms with Gasteiger partial charge in [-0.1, -0.05) is 18.2 Å². The van der Waals surface area contributed by atoms with Crippen LogP contribution in [0.1, 0.15) is 24.2 Å². The highest BCUT2D eigenvalue weighted by atomic mass is 16.5. The first-order valence-corrected chi connectivity index (χ1v) is 5.89. The number of rotatable bonds is 3. The lowest BCUT2D eigenvalue weighted by atomic mass is 10.1. The second kappa shape index (κ2) is 5.45. The lowest BCUT2D eigenvalue weighted by Crippen LogP contribution is -2.11. The molecule has 0 saturated carbocycles. The van der Waals surface area contributed by atoms with Crippen LogP contribution in [-0.4, -0.2) is 17.1 Å². The fraction of sp³-hybridized carbons (Fsp3) is 0.200. The predicted octanol–water partition coefficient (Wildman–Crippen LogP) is 3.31. The highest BCUT2D eigenvalue weighted by Crippen LogP contribution is 2.18. The van der Waals surface area contributed by atoms with E-state index >= 15 is 0 Å². The van der Waals surface area contributed by atoms with Crippen molar-refractivity contribution in [2.24, 2.45) is 0 Å². The van der Waals surface area contributed by atoms with Gasteiger partial charge in [0.05, 0.1) is 17.4 Å². The number of nitrogens with zero attached hydrogens (tertiary/aromatic N) is 1. The molecule has 1 aromatic carbocycles. The van der Waals surface area contributed by atoms with E-state index in [9.17, 15) is 4.79 Å². The molecule has 0 aliphatic rings. The Labute approximate surface area is 106 Å². The highest BCUT2D eigenvalue weighted by molar-refractivity contribution is 5.91. The third-order valence-electron chi connectivity index (χ3n) is 2.40. The van der Waals surface area contributed by atoms with Gasteiger partial charge in [-0.15, -0.1) is 0 Å². The van der Waals surface area contributed by atoms with Gasteiger partial charge in [-0.3, -0.25) is 4.98 Å². The molecule has 0 N–H and O–H groups in total. The SMILES string of the molecule is CC(C)OC(=O)c1cccc(-c2ccccn2)c1. The first-order chi connectivity index (χ1) is 8.66. The summed E-state index contributed by atoms with van der Waals surface area (Å²) in [6.45, 7) is 3.67. The van der Waals surface area contributed by atoms with Crippen molar-refractivity contribution in [3.8, 4) is 11.3 Å². The number of benzene rings is 1. The van der Waals surface area contributed by atoms with E-state index in [2.05, 4.69) is 4.98 Å². The van der Waals surface area contributed by atoms with E-state index in [0.717, 1.165) is 11.3 Å². The molecule has 2 aromatic rings. The summed E-state index contributed by atoms with van der Waals surface area (Å²) in [5, 5.41) is 0. The zero-order valence-corrected chi connectivity index (χ0v) is 10.5. The van der Waals surface area contributed by atoms with E-state index in [4.69, 9.17) is 4.74 Å². The molecular weight excluding hydrogens is 226 g/mol. The lowest BCUT2D eigenvalue weighted by molar-refractivity contribution is 0.0378. The second-order valence-corrected chi connectivity index (χ2v) is 4.25. The van der Waals surface area contributed by atoms with Gasteiger partial charge in [0.2, 0.25) is 0 Å². The molecule has 0 saturated heterocycles. The van der Waals surface area contributed by atoms with Crippen LogP contribution in [0, 0.1) is 0 Å². The molecule has 0 unspecified atom stereocenters. The van der Waals surface area contributed by atoms with Gasteiger partial charge in [0, 0.05) is 11.8 Å². The highest BCUT2D eigenvalue weighted by Gasteiger charge is 2.10. The average Bonchev–Trinajstić information content (AvgIpc) is 2.39. The van der Waals surface area contributed by atoms with Crippen molar-refractivity contribution in [1.29, 1.82) is 0 Å². The summed E-state index contributed by atoms with van der Waals surface area (Å²) in [4.78, 5) is 16.1. The Balaban J connectivity index is 2.28. The molecule has 2 rings (SSSR count). The summed E-state index contributed by atoms with van der Waals surface area (Å²) in [6.07, 6.45) is 1.62. The van der Waals surface area contributed by atoms with Crippen molar-refractivity contribution in [2.75, 3.05) is 0 Å². The van der Waals surface area contributed by atoms with Gasteiger partial charge < -0.3 is 4.74 Å². The molecule has 3 heteroatoms. The number of hydrogen-bond acceptors (Lipinski definition) is 3. The molecule has 1 heterocycles. The topological polar surface area (TPSA) is 39.2 Å². The van der Waals surface area contributed by atoms with Gasteiger partial charge in [0.1, 0.15) is 0 Å². The third kappa shape index (κ3) is 2.94. The van der Waals surface area contributed by atoms with E-state index in [0.29, 0.717) is 5.56 Å². The first kappa shape index (κ1) is 12.3. The fourth-order valence-corrected chi connectivity index (χ4v) is 1.62. The second-order valence-electron chi connectivity index (χ2n) is 4.25. The predicted molar refractivity (Wildman–Crippen MR) is 70.2 cm³/mol. The van der Waals surface area contributed by atoms with Crippen LogP contribution in [0.15, 0.2) is 48.7 Å². The van der Waals surface area contributed by atoms with Crippen LogP contribution >= 0.6 is 0 Å². The maximum Gasteiger partial charge on any atom is 0.338 e. The molecule has 0 fully saturated rings. The normalized spacial score (nSPS) is 10.4. The molecule has 0 amide bonds. The van der Waals surface area contributed by atoms with Crippen molar-refractivity contribution in [2.45, 2.75) is 20.0 Å². The number of carbonyl (C=O) groups excluding carboxylic acids is 1. The number of esters is 1. The van der Waals surface area contributed by atoms with Crippen molar-refractivity contribution >= 4 is 5.97 Å². The van der Waals surface area contributed by atoms with Crippen molar-refractivity contribution in [3.05, 3.63) is 54.2 Å². The zero-order valence-electron chi connectivity index (χ0n) is 10.5. The van der Waals surface area contributed by atoms with Gasteiger partial charge in [0.25, 0.3) is 0 Å². The maximum atomic E-state index is 11.8. The minimum absolute atomic E-state index is 0.115. The van der Waals surface area contributed by atoms with Gasteiger partial charge in [-0.25, -0.2) is 4.79 Å². The lowest BCUT2D eigenvalue weighted by Gasteiger charge is -2.08. The van der Waals surface area contributed by atoms with Crippen LogP contribution < -0.4 is 0 Å². The van der Waals surface area contributed by atoms with Gasteiger partial charge in [0.15, 0.2) is 0 Å². The molecule has 0 aliphatic carbocycles. The molecule has 0 atom stereocenters. The monoisotopic (exact) mass is 241 g/mol. The Bertz CT molecular complexity index is 535. The van der Waals surface area contributed by atoms with Gasteiger partial charge >= 0.3 is 5.97 Å². The van der Waals surface area contributed by atoms with Crippen molar-refractivity contribution in [3.63, 3.8) is 0 Å². The molecule has 0 radical (unpaired) electrons. The van der Waals surface area contributed by atoms with Crippen LogP contribution in [0.5, 0.6) is 0 Å². The summed E-state index contributed by atoms with van der Waals surface area (Å²) in [5.41, 5.74) is 2.30. The molecule has 0 bridgehead atoms. The maximum absolute atomic E-state index is 11.8. The van der Waals surface area contributed by atoms with E-state index in [-0.39, 0.29) is 12.1 Å². The Morgan fingerprint density at radius 3 is 2.67 bits per heavy atom. The quantitative estimate of drug-likeness (QED) is 0.774. The smallest absolute Gasteiger partial charge is 0.338 e. The van der Waals surface area contributed by atoms with E-state index in [1.54, 1.807) is 18.3 Å². The zero-order chi connectivity index (χ0) is 13.0. The van der Waals surface area contributed by atoms with Gasteiger partial charge in [-0.2, -0.15) is 0 Å². The number of pyridine rings is 1. The summed E-state index contributed by atoms with van der Waals surface area (Å²) < 4.78 is 5.17. The average molecular weight is 241 g/mol. The van der Waals surface area contributed by atoms with Crippen LogP contribution in [-0.2, 0) is 4.74 Å². The van der Waals surface area contributed by atoms with E-state index < -0.39 is 0 Å². The molecular formula is C15H15NO2. The molecule has 18 heavy (non-hydrogen) atoms. The van der Waals surface area contributed by atoms with Crippen molar-refractivity contribution in [1.82, 2.24) is 4.98 Å². The molecule has 3 nitrogen and oxygen atoms in total. The number of hydrogen-bond donors (Lipinski definition) is 0. The van der Waals surface area contributed by atoms with Crippen LogP contribution in [0.25, 0.3) is 11.3 Å². The summed E-state index contributed by atoms with van der Waals surface area (Å²) in [7, 11) is 0.